The van der Waals surface area contributed by atoms with Crippen molar-refractivity contribution in [1.82, 2.24) is 0 Å². The molecule has 0 amide bonds. The predicted molar refractivity (Wildman–Crippen MR) is 39.4 cm³/mol. The number of halogens is 1. The highest BCUT2D eigenvalue weighted by atomic mass is 31.2. The molecular weight excluding hydrogens is 138 g/mol. The van der Waals surface area contributed by atoms with Gasteiger partial charge in [0.15, 0.2) is 0 Å². The predicted octanol–water partition coefficient (Wildman–Crippen LogP) is 3.10. The maximum absolute atomic E-state index is 12.0. The minimum absolute atomic E-state index is 0.590. The topological polar surface area (TPSA) is 9.23 Å². The van der Waals surface area contributed by atoms with E-state index in [-0.39, 0.29) is 0 Å². The third-order valence-corrected chi connectivity index (χ3v) is 1.56. The Bertz CT molecular complexity index is 59.0. The Kier molecular flexibility index (Phi) is 6.67. The summed E-state index contributed by atoms with van der Waals surface area (Å²) in [6.45, 7) is 4.18. The molecule has 0 saturated carbocycles. The van der Waals surface area contributed by atoms with Crippen LogP contribution >= 0.6 is 8.46 Å². The van der Waals surface area contributed by atoms with E-state index in [9.17, 15) is 4.20 Å². The first kappa shape index (κ1) is 9.32. The Hall–Kier alpha value is 0.320. The van der Waals surface area contributed by atoms with Crippen molar-refractivity contribution in [2.45, 2.75) is 26.2 Å². The lowest BCUT2D eigenvalue weighted by Crippen LogP contribution is -1.85. The summed E-state index contributed by atoms with van der Waals surface area (Å²) in [5.74, 6) is 0. The molecule has 1 nitrogen and oxygen atoms in total. The van der Waals surface area contributed by atoms with Crippen LogP contribution in [0.4, 0.5) is 4.20 Å². The molecule has 0 heterocycles. The summed E-state index contributed by atoms with van der Waals surface area (Å²) in [4.78, 5) is 0. The number of hydrogen-bond acceptors (Lipinski definition) is 1. The van der Waals surface area contributed by atoms with E-state index in [1.165, 1.54) is 6.66 Å². The van der Waals surface area contributed by atoms with Crippen LogP contribution in [0.3, 0.4) is 0 Å². The second kappa shape index (κ2) is 6.44. The highest BCUT2D eigenvalue weighted by Gasteiger charge is 1.95. The van der Waals surface area contributed by atoms with Crippen molar-refractivity contribution in [2.75, 3.05) is 13.3 Å². The maximum Gasteiger partial charge on any atom is 0.216 e. The van der Waals surface area contributed by atoms with Crippen molar-refractivity contribution < 1.29 is 8.72 Å². The third-order valence-electron chi connectivity index (χ3n) is 1.02. The van der Waals surface area contributed by atoms with Crippen molar-refractivity contribution in [3.8, 4) is 0 Å². The number of rotatable bonds is 5. The molecule has 0 aliphatic heterocycles. The van der Waals surface area contributed by atoms with Gasteiger partial charge >= 0.3 is 0 Å². The zero-order valence-electron chi connectivity index (χ0n) is 6.06. The minimum atomic E-state index is -1.62. The molecule has 0 rings (SSSR count). The van der Waals surface area contributed by atoms with E-state index in [0.29, 0.717) is 6.61 Å². The van der Waals surface area contributed by atoms with Crippen LogP contribution < -0.4 is 0 Å². The maximum atomic E-state index is 12.0. The van der Waals surface area contributed by atoms with E-state index >= 15 is 0 Å². The van der Waals surface area contributed by atoms with E-state index in [2.05, 4.69) is 6.92 Å². The molecule has 0 aromatic rings. The van der Waals surface area contributed by atoms with Crippen LogP contribution in [-0.4, -0.2) is 13.3 Å². The summed E-state index contributed by atoms with van der Waals surface area (Å²) in [5.41, 5.74) is 0. The van der Waals surface area contributed by atoms with E-state index in [1.807, 2.05) is 0 Å². The Morgan fingerprint density at radius 3 is 2.56 bits per heavy atom. The summed E-state index contributed by atoms with van der Waals surface area (Å²) in [5, 5.41) is 0. The fourth-order valence-corrected chi connectivity index (χ4v) is 0.923. The molecule has 0 saturated heterocycles. The summed E-state index contributed by atoms with van der Waals surface area (Å²) >= 11 is 0. The molecule has 56 valence electrons. The van der Waals surface area contributed by atoms with Gasteiger partial charge in [-0.05, 0) is 6.42 Å². The zero-order chi connectivity index (χ0) is 7.11. The van der Waals surface area contributed by atoms with Crippen molar-refractivity contribution >= 4 is 8.46 Å². The van der Waals surface area contributed by atoms with Crippen molar-refractivity contribution in [1.29, 1.82) is 0 Å². The average molecular weight is 152 g/mol. The van der Waals surface area contributed by atoms with Crippen LogP contribution in [0.1, 0.15) is 26.2 Å². The molecule has 0 aliphatic rings. The summed E-state index contributed by atoms with van der Waals surface area (Å²) in [6, 6.07) is 0. The van der Waals surface area contributed by atoms with Gasteiger partial charge in [-0.2, -0.15) is 4.20 Å². The van der Waals surface area contributed by atoms with Crippen molar-refractivity contribution in [3.05, 3.63) is 0 Å². The Balaban J connectivity index is 2.75. The Morgan fingerprint density at radius 2 is 2.11 bits per heavy atom. The van der Waals surface area contributed by atoms with Crippen LogP contribution in [0.15, 0.2) is 0 Å². The number of hydrogen-bond donors (Lipinski definition) is 0. The van der Waals surface area contributed by atoms with Gasteiger partial charge in [0.25, 0.3) is 0 Å². The highest BCUT2D eigenvalue weighted by molar-refractivity contribution is 7.45. The molecule has 9 heavy (non-hydrogen) atoms. The van der Waals surface area contributed by atoms with Gasteiger partial charge in [-0.3, -0.25) is 0 Å². The fourth-order valence-electron chi connectivity index (χ4n) is 0.542. The molecule has 0 aromatic heterocycles. The quantitative estimate of drug-likeness (QED) is 0.434. The van der Waals surface area contributed by atoms with Gasteiger partial charge in [-0.1, -0.05) is 19.8 Å². The van der Waals surface area contributed by atoms with Gasteiger partial charge in [-0.25, -0.2) is 0 Å². The van der Waals surface area contributed by atoms with Gasteiger partial charge in [0.1, 0.15) is 0 Å². The lowest BCUT2D eigenvalue weighted by Gasteiger charge is -2.01. The van der Waals surface area contributed by atoms with Crippen molar-refractivity contribution in [3.63, 3.8) is 0 Å². The molecule has 0 aromatic carbocycles. The van der Waals surface area contributed by atoms with Gasteiger partial charge < -0.3 is 4.52 Å². The van der Waals surface area contributed by atoms with E-state index in [1.54, 1.807) is 0 Å². The fraction of sp³-hybridized carbons (Fsp3) is 1.00. The normalized spacial score (nSPS) is 13.7. The van der Waals surface area contributed by atoms with Crippen LogP contribution in [-0.2, 0) is 4.52 Å². The zero-order valence-corrected chi connectivity index (χ0v) is 6.96. The molecule has 0 bridgehead atoms. The van der Waals surface area contributed by atoms with Crippen LogP contribution in [0.5, 0.6) is 0 Å². The second-order valence-corrected chi connectivity index (χ2v) is 3.06. The Labute approximate surface area is 57.6 Å². The lowest BCUT2D eigenvalue weighted by molar-refractivity contribution is 0.323. The van der Waals surface area contributed by atoms with Crippen LogP contribution in [0.2, 0.25) is 0 Å². The summed E-state index contributed by atoms with van der Waals surface area (Å²) in [7, 11) is -1.62. The molecule has 0 fully saturated rings. The molecule has 0 spiro atoms. The SMILES string of the molecule is CCCCCOP(C)F. The third kappa shape index (κ3) is 8.32. The molecule has 1 unspecified atom stereocenters. The Morgan fingerprint density at radius 1 is 1.44 bits per heavy atom. The monoisotopic (exact) mass is 152 g/mol. The van der Waals surface area contributed by atoms with Gasteiger partial charge in [0.2, 0.25) is 8.46 Å². The van der Waals surface area contributed by atoms with Crippen molar-refractivity contribution in [2.24, 2.45) is 0 Å². The van der Waals surface area contributed by atoms with Gasteiger partial charge in [0, 0.05) is 6.66 Å². The summed E-state index contributed by atoms with van der Waals surface area (Å²) < 4.78 is 16.7. The van der Waals surface area contributed by atoms with E-state index < -0.39 is 8.46 Å². The van der Waals surface area contributed by atoms with Crippen LogP contribution in [0, 0.1) is 0 Å². The highest BCUT2D eigenvalue weighted by Crippen LogP contribution is 2.32. The van der Waals surface area contributed by atoms with E-state index in [0.717, 1.165) is 19.3 Å². The molecule has 1 atom stereocenters. The lowest BCUT2D eigenvalue weighted by atomic mass is 10.3. The molecule has 0 N–H and O–H groups in total. The standard InChI is InChI=1S/C6H14FOP/c1-3-4-5-6-8-9(2)7/h3-6H2,1-2H3. The average Bonchev–Trinajstić information content (AvgIpc) is 1.80. The van der Waals surface area contributed by atoms with E-state index in [4.69, 9.17) is 4.52 Å². The summed E-state index contributed by atoms with van der Waals surface area (Å²) in [6.07, 6.45) is 3.30. The molecule has 0 radical (unpaired) electrons. The minimum Gasteiger partial charge on any atom is -0.331 e. The first-order chi connectivity index (χ1) is 4.27. The molecule has 0 aliphatic carbocycles. The smallest absolute Gasteiger partial charge is 0.216 e. The molecule has 3 heteroatoms. The van der Waals surface area contributed by atoms with Crippen LogP contribution in [0.25, 0.3) is 0 Å². The second-order valence-electron chi connectivity index (χ2n) is 1.96. The molecular formula is C6H14FOP. The van der Waals surface area contributed by atoms with Gasteiger partial charge in [-0.15, -0.1) is 0 Å². The number of unbranched alkanes of at least 4 members (excludes halogenated alkanes) is 2. The first-order valence-corrected chi connectivity index (χ1v) is 4.89. The van der Waals surface area contributed by atoms with Gasteiger partial charge in [0.05, 0.1) is 6.61 Å². The largest absolute Gasteiger partial charge is 0.331 e. The first-order valence-electron chi connectivity index (χ1n) is 3.29.